The van der Waals surface area contributed by atoms with Gasteiger partial charge in [0.15, 0.2) is 5.13 Å². The van der Waals surface area contributed by atoms with Gasteiger partial charge in [-0.05, 0) is 50.3 Å². The lowest BCUT2D eigenvalue weighted by molar-refractivity contribution is 0.438. The molecule has 3 heterocycles. The molecule has 5 nitrogen and oxygen atoms in total. The van der Waals surface area contributed by atoms with Crippen LogP contribution in [-0.2, 0) is 0 Å². The summed E-state index contributed by atoms with van der Waals surface area (Å²) in [5, 5.41) is 4.55. The van der Waals surface area contributed by atoms with Crippen molar-refractivity contribution in [3.63, 3.8) is 0 Å². The standard InChI is InChI=1S/C28H31N5S/c1-19-13-16-33(17-14-19)28-32-25(23-11-7-8-20(2)18-23)26(34-28)24-12-15-29-27(31-24)30-21(3)22-9-5-4-6-10-22/h4-12,15,18-19,21H,13-14,16-17H2,1-3H3,(H,29,30,31)/t21-/m0/s1. The zero-order chi connectivity index (χ0) is 23.5. The third-order valence-electron chi connectivity index (χ3n) is 6.49. The number of nitrogens with one attached hydrogen (secondary N) is 1. The molecule has 0 saturated carbocycles. The van der Waals surface area contributed by atoms with Gasteiger partial charge in [-0.2, -0.15) is 0 Å². The minimum Gasteiger partial charge on any atom is -0.348 e. The van der Waals surface area contributed by atoms with Gasteiger partial charge in [-0.25, -0.2) is 15.0 Å². The van der Waals surface area contributed by atoms with E-state index in [-0.39, 0.29) is 6.04 Å². The highest BCUT2D eigenvalue weighted by Crippen LogP contribution is 2.41. The van der Waals surface area contributed by atoms with Crippen LogP contribution in [0.15, 0.2) is 66.9 Å². The maximum atomic E-state index is 5.15. The molecule has 174 valence electrons. The van der Waals surface area contributed by atoms with Crippen LogP contribution in [0.1, 0.15) is 43.9 Å². The lowest BCUT2D eigenvalue weighted by Gasteiger charge is -2.29. The lowest BCUT2D eigenvalue weighted by atomic mass is 10.00. The molecule has 0 amide bonds. The van der Waals surface area contributed by atoms with Gasteiger partial charge in [0.25, 0.3) is 0 Å². The first kappa shape index (κ1) is 22.5. The maximum absolute atomic E-state index is 5.15. The van der Waals surface area contributed by atoms with Gasteiger partial charge in [0.05, 0.1) is 22.3 Å². The van der Waals surface area contributed by atoms with Gasteiger partial charge in [-0.15, -0.1) is 0 Å². The fraction of sp³-hybridized carbons (Fsp3) is 0.321. The quantitative estimate of drug-likeness (QED) is 0.330. The second kappa shape index (κ2) is 9.94. The molecule has 0 aliphatic carbocycles. The summed E-state index contributed by atoms with van der Waals surface area (Å²) >= 11 is 1.74. The number of aromatic nitrogens is 3. The summed E-state index contributed by atoms with van der Waals surface area (Å²) in [7, 11) is 0. The first-order chi connectivity index (χ1) is 16.6. The van der Waals surface area contributed by atoms with Gasteiger partial charge in [0, 0.05) is 24.8 Å². The Morgan fingerprint density at radius 1 is 1.00 bits per heavy atom. The number of aryl methyl sites for hydroxylation is 1. The Hall–Kier alpha value is -3.25. The number of piperidine rings is 1. The van der Waals surface area contributed by atoms with Gasteiger partial charge >= 0.3 is 0 Å². The van der Waals surface area contributed by atoms with E-state index in [0.29, 0.717) is 5.95 Å². The number of rotatable bonds is 6. The molecule has 1 saturated heterocycles. The van der Waals surface area contributed by atoms with E-state index < -0.39 is 0 Å². The van der Waals surface area contributed by atoms with Crippen LogP contribution >= 0.6 is 11.3 Å². The summed E-state index contributed by atoms with van der Waals surface area (Å²) in [4.78, 5) is 18.1. The van der Waals surface area contributed by atoms with Gasteiger partial charge in [0.2, 0.25) is 5.95 Å². The van der Waals surface area contributed by atoms with Crippen molar-refractivity contribution in [3.05, 3.63) is 78.0 Å². The number of benzene rings is 2. The molecule has 0 unspecified atom stereocenters. The number of nitrogens with zero attached hydrogens (tertiary/aromatic N) is 4. The highest BCUT2D eigenvalue weighted by molar-refractivity contribution is 7.19. The van der Waals surface area contributed by atoms with E-state index in [9.17, 15) is 0 Å². The molecule has 1 aliphatic rings. The monoisotopic (exact) mass is 469 g/mol. The average Bonchev–Trinajstić information content (AvgIpc) is 3.31. The molecule has 2 aromatic carbocycles. The van der Waals surface area contributed by atoms with Crippen LogP contribution in [0.3, 0.4) is 0 Å². The fourth-order valence-corrected chi connectivity index (χ4v) is 5.49. The molecular weight excluding hydrogens is 438 g/mol. The van der Waals surface area contributed by atoms with Crippen molar-refractivity contribution in [2.45, 2.75) is 39.7 Å². The van der Waals surface area contributed by atoms with Gasteiger partial charge in [0.1, 0.15) is 0 Å². The zero-order valence-corrected chi connectivity index (χ0v) is 20.8. The summed E-state index contributed by atoms with van der Waals surface area (Å²) in [6.45, 7) is 8.72. The van der Waals surface area contributed by atoms with Crippen LogP contribution in [0.25, 0.3) is 21.8 Å². The summed E-state index contributed by atoms with van der Waals surface area (Å²) in [5.41, 5.74) is 5.48. The maximum Gasteiger partial charge on any atom is 0.223 e. The summed E-state index contributed by atoms with van der Waals surface area (Å²) < 4.78 is 0. The van der Waals surface area contributed by atoms with Crippen LogP contribution in [0.2, 0.25) is 0 Å². The van der Waals surface area contributed by atoms with Crippen LogP contribution in [-0.4, -0.2) is 28.0 Å². The molecule has 1 atom stereocenters. The summed E-state index contributed by atoms with van der Waals surface area (Å²) in [5.74, 6) is 1.42. The predicted octanol–water partition coefficient (Wildman–Crippen LogP) is 6.98. The number of thiazole rings is 1. The Kier molecular flexibility index (Phi) is 6.59. The van der Waals surface area contributed by atoms with Gasteiger partial charge in [-0.1, -0.05) is 72.4 Å². The number of hydrogen-bond acceptors (Lipinski definition) is 6. The lowest BCUT2D eigenvalue weighted by Crippen LogP contribution is -2.32. The molecule has 2 aromatic heterocycles. The Morgan fingerprint density at radius 2 is 1.79 bits per heavy atom. The van der Waals surface area contributed by atoms with E-state index in [1.165, 1.54) is 24.0 Å². The molecule has 6 heteroatoms. The SMILES string of the molecule is Cc1cccc(-c2nc(N3CCC(C)CC3)sc2-c2ccnc(N[C@@H](C)c3ccccc3)n2)c1. The van der Waals surface area contributed by atoms with Crippen molar-refractivity contribution < 1.29 is 0 Å². The van der Waals surface area contributed by atoms with E-state index >= 15 is 0 Å². The molecule has 0 bridgehead atoms. The van der Waals surface area contributed by atoms with Crippen molar-refractivity contribution >= 4 is 22.4 Å². The second-order valence-corrected chi connectivity index (χ2v) is 10.2. The first-order valence-electron chi connectivity index (χ1n) is 12.0. The van der Waals surface area contributed by atoms with E-state index in [1.807, 2.05) is 18.3 Å². The van der Waals surface area contributed by atoms with E-state index in [4.69, 9.17) is 9.97 Å². The normalized spacial score (nSPS) is 15.3. The number of hydrogen-bond donors (Lipinski definition) is 1. The molecule has 1 N–H and O–H groups in total. The van der Waals surface area contributed by atoms with Gasteiger partial charge < -0.3 is 10.2 Å². The second-order valence-electron chi connectivity index (χ2n) is 9.26. The Balaban J connectivity index is 1.50. The van der Waals surface area contributed by atoms with E-state index in [1.54, 1.807) is 11.3 Å². The highest BCUT2D eigenvalue weighted by Gasteiger charge is 2.23. The predicted molar refractivity (Wildman–Crippen MR) is 142 cm³/mol. The third-order valence-corrected chi connectivity index (χ3v) is 7.63. The minimum absolute atomic E-state index is 0.111. The first-order valence-corrected chi connectivity index (χ1v) is 12.9. The molecular formula is C28H31N5S. The Bertz CT molecular complexity index is 1240. The van der Waals surface area contributed by atoms with Crippen molar-refractivity contribution in [3.8, 4) is 21.8 Å². The third kappa shape index (κ3) is 4.97. The van der Waals surface area contributed by atoms with Crippen molar-refractivity contribution in [2.24, 2.45) is 5.92 Å². The Morgan fingerprint density at radius 3 is 2.56 bits per heavy atom. The van der Waals surface area contributed by atoms with Crippen LogP contribution < -0.4 is 10.2 Å². The molecule has 4 aromatic rings. The molecule has 0 spiro atoms. The zero-order valence-electron chi connectivity index (χ0n) is 20.0. The van der Waals surface area contributed by atoms with Crippen molar-refractivity contribution in [2.75, 3.05) is 23.3 Å². The van der Waals surface area contributed by atoms with Crippen LogP contribution in [0.4, 0.5) is 11.1 Å². The molecule has 5 rings (SSSR count). The van der Waals surface area contributed by atoms with Crippen LogP contribution in [0.5, 0.6) is 0 Å². The molecule has 34 heavy (non-hydrogen) atoms. The number of anilines is 2. The fourth-order valence-electron chi connectivity index (χ4n) is 4.38. The van der Waals surface area contributed by atoms with Crippen molar-refractivity contribution in [1.29, 1.82) is 0 Å². The van der Waals surface area contributed by atoms with Crippen LogP contribution in [0, 0.1) is 12.8 Å². The summed E-state index contributed by atoms with van der Waals surface area (Å²) in [6.07, 6.45) is 4.27. The Labute approximate surface area is 205 Å². The van der Waals surface area contributed by atoms with E-state index in [2.05, 4.69) is 84.5 Å². The average molecular weight is 470 g/mol. The largest absolute Gasteiger partial charge is 0.348 e. The molecule has 1 fully saturated rings. The highest BCUT2D eigenvalue weighted by atomic mass is 32.1. The molecule has 0 radical (unpaired) electrons. The minimum atomic E-state index is 0.111. The topological polar surface area (TPSA) is 53.9 Å². The molecule has 1 aliphatic heterocycles. The smallest absolute Gasteiger partial charge is 0.223 e. The van der Waals surface area contributed by atoms with Crippen molar-refractivity contribution in [1.82, 2.24) is 15.0 Å². The van der Waals surface area contributed by atoms with E-state index in [0.717, 1.165) is 46.0 Å². The summed E-state index contributed by atoms with van der Waals surface area (Å²) in [6, 6.07) is 21.1. The van der Waals surface area contributed by atoms with Gasteiger partial charge in [-0.3, -0.25) is 0 Å².